The van der Waals surface area contributed by atoms with Crippen molar-refractivity contribution in [3.8, 4) is 5.88 Å². The number of aromatic nitrogens is 1. The zero-order valence-electron chi connectivity index (χ0n) is 10.1. The second-order valence-corrected chi connectivity index (χ2v) is 4.05. The van der Waals surface area contributed by atoms with E-state index in [-0.39, 0.29) is 6.04 Å². The molecule has 0 aliphatic carbocycles. The molecule has 0 spiro atoms. The number of hydrogen-bond donors (Lipinski definition) is 2. The lowest BCUT2D eigenvalue weighted by atomic mass is 10.1. The fourth-order valence-corrected chi connectivity index (χ4v) is 1.56. The van der Waals surface area contributed by atoms with Gasteiger partial charge in [0.2, 0.25) is 5.88 Å². The molecule has 1 atom stereocenters. The van der Waals surface area contributed by atoms with Gasteiger partial charge in [-0.05, 0) is 11.1 Å². The minimum Gasteiger partial charge on any atom is -0.473 e. The highest BCUT2D eigenvalue weighted by atomic mass is 16.5. The van der Waals surface area contributed by atoms with Crippen molar-refractivity contribution >= 4 is 0 Å². The van der Waals surface area contributed by atoms with Gasteiger partial charge in [-0.25, -0.2) is 4.98 Å². The van der Waals surface area contributed by atoms with Crippen LogP contribution in [-0.2, 0) is 6.61 Å². The van der Waals surface area contributed by atoms with Gasteiger partial charge >= 0.3 is 0 Å². The van der Waals surface area contributed by atoms with E-state index < -0.39 is 0 Å². The third-order valence-electron chi connectivity index (χ3n) is 2.67. The van der Waals surface area contributed by atoms with Crippen molar-refractivity contribution in [1.82, 2.24) is 4.98 Å². The molecule has 2 rings (SSSR count). The standard InChI is InChI=1S/C14H17N3O/c15-8-13(16)12-6-7-14(17-9-12)18-10-11-4-2-1-3-5-11/h1-7,9,13H,8,10,15-16H2. The molecule has 4 heteroatoms. The fraction of sp³-hybridized carbons (Fsp3) is 0.214. The number of hydrogen-bond acceptors (Lipinski definition) is 4. The largest absolute Gasteiger partial charge is 0.473 e. The number of benzene rings is 1. The Labute approximate surface area is 107 Å². The van der Waals surface area contributed by atoms with Crippen LogP contribution in [0.1, 0.15) is 17.2 Å². The van der Waals surface area contributed by atoms with Gasteiger partial charge in [0, 0.05) is 24.8 Å². The molecule has 1 aromatic heterocycles. The molecule has 1 aromatic carbocycles. The fourth-order valence-electron chi connectivity index (χ4n) is 1.56. The number of nitrogens with two attached hydrogens (primary N) is 2. The monoisotopic (exact) mass is 243 g/mol. The van der Waals surface area contributed by atoms with Crippen molar-refractivity contribution in [2.75, 3.05) is 6.54 Å². The lowest BCUT2D eigenvalue weighted by Crippen LogP contribution is -2.20. The Balaban J connectivity index is 1.94. The van der Waals surface area contributed by atoms with Crippen molar-refractivity contribution in [3.63, 3.8) is 0 Å². The third kappa shape index (κ3) is 3.29. The summed E-state index contributed by atoms with van der Waals surface area (Å²) >= 11 is 0. The molecular formula is C14H17N3O. The Morgan fingerprint density at radius 2 is 1.89 bits per heavy atom. The van der Waals surface area contributed by atoms with Crippen LogP contribution in [0.15, 0.2) is 48.7 Å². The maximum absolute atomic E-state index is 5.80. The summed E-state index contributed by atoms with van der Waals surface area (Å²) in [7, 11) is 0. The molecule has 0 radical (unpaired) electrons. The summed E-state index contributed by atoms with van der Waals surface area (Å²) in [4.78, 5) is 4.21. The van der Waals surface area contributed by atoms with Gasteiger partial charge in [0.15, 0.2) is 0 Å². The van der Waals surface area contributed by atoms with Gasteiger partial charge < -0.3 is 16.2 Å². The molecule has 0 saturated heterocycles. The van der Waals surface area contributed by atoms with Crippen LogP contribution in [-0.4, -0.2) is 11.5 Å². The van der Waals surface area contributed by atoms with E-state index in [0.717, 1.165) is 11.1 Å². The van der Waals surface area contributed by atoms with E-state index in [1.165, 1.54) is 0 Å². The molecule has 0 fully saturated rings. The molecule has 0 saturated carbocycles. The summed E-state index contributed by atoms with van der Waals surface area (Å²) in [6.07, 6.45) is 1.71. The normalized spacial score (nSPS) is 12.1. The van der Waals surface area contributed by atoms with E-state index in [0.29, 0.717) is 19.0 Å². The molecular weight excluding hydrogens is 226 g/mol. The first-order valence-corrected chi connectivity index (χ1v) is 5.88. The smallest absolute Gasteiger partial charge is 0.213 e. The van der Waals surface area contributed by atoms with Crippen LogP contribution in [0.2, 0.25) is 0 Å². The van der Waals surface area contributed by atoms with Crippen molar-refractivity contribution in [2.24, 2.45) is 11.5 Å². The first-order chi connectivity index (χ1) is 8.79. The number of pyridine rings is 1. The van der Waals surface area contributed by atoms with Gasteiger partial charge in [0.1, 0.15) is 6.61 Å². The van der Waals surface area contributed by atoms with Crippen LogP contribution in [0.4, 0.5) is 0 Å². The van der Waals surface area contributed by atoms with Crippen LogP contribution >= 0.6 is 0 Å². The Hall–Kier alpha value is -1.91. The van der Waals surface area contributed by atoms with Gasteiger partial charge in [-0.2, -0.15) is 0 Å². The van der Waals surface area contributed by atoms with Crippen LogP contribution < -0.4 is 16.2 Å². The lowest BCUT2D eigenvalue weighted by Gasteiger charge is -2.09. The Morgan fingerprint density at radius 3 is 2.50 bits per heavy atom. The lowest BCUT2D eigenvalue weighted by molar-refractivity contribution is 0.293. The van der Waals surface area contributed by atoms with Crippen LogP contribution in [0.5, 0.6) is 5.88 Å². The predicted molar refractivity (Wildman–Crippen MR) is 71.0 cm³/mol. The van der Waals surface area contributed by atoms with E-state index in [1.807, 2.05) is 42.5 Å². The van der Waals surface area contributed by atoms with Crippen molar-refractivity contribution in [3.05, 3.63) is 59.8 Å². The summed E-state index contributed by atoms with van der Waals surface area (Å²) < 4.78 is 5.58. The van der Waals surface area contributed by atoms with E-state index in [9.17, 15) is 0 Å². The molecule has 0 aliphatic rings. The zero-order chi connectivity index (χ0) is 12.8. The van der Waals surface area contributed by atoms with Gasteiger partial charge in [0.05, 0.1) is 0 Å². The minimum atomic E-state index is -0.166. The summed E-state index contributed by atoms with van der Waals surface area (Å²) in [5, 5.41) is 0. The topological polar surface area (TPSA) is 74.2 Å². The van der Waals surface area contributed by atoms with Crippen molar-refractivity contribution in [1.29, 1.82) is 0 Å². The summed E-state index contributed by atoms with van der Waals surface area (Å²) in [6, 6.07) is 13.5. The molecule has 0 amide bonds. The molecule has 4 nitrogen and oxygen atoms in total. The highest BCUT2D eigenvalue weighted by molar-refractivity contribution is 5.21. The van der Waals surface area contributed by atoms with Gasteiger partial charge in [0.25, 0.3) is 0 Å². The van der Waals surface area contributed by atoms with Crippen molar-refractivity contribution < 1.29 is 4.74 Å². The molecule has 1 heterocycles. The van der Waals surface area contributed by atoms with Gasteiger partial charge in [-0.3, -0.25) is 0 Å². The maximum Gasteiger partial charge on any atom is 0.213 e. The molecule has 0 aliphatic heterocycles. The third-order valence-corrected chi connectivity index (χ3v) is 2.67. The van der Waals surface area contributed by atoms with Crippen molar-refractivity contribution in [2.45, 2.75) is 12.6 Å². The first-order valence-electron chi connectivity index (χ1n) is 5.88. The molecule has 2 aromatic rings. The Morgan fingerprint density at radius 1 is 1.11 bits per heavy atom. The van der Waals surface area contributed by atoms with Gasteiger partial charge in [-0.15, -0.1) is 0 Å². The summed E-state index contributed by atoms with van der Waals surface area (Å²) in [5.74, 6) is 0.590. The maximum atomic E-state index is 5.80. The highest BCUT2D eigenvalue weighted by Crippen LogP contribution is 2.13. The van der Waals surface area contributed by atoms with Gasteiger partial charge in [-0.1, -0.05) is 36.4 Å². The summed E-state index contributed by atoms with van der Waals surface area (Å²) in [6.45, 7) is 0.919. The SMILES string of the molecule is NCC(N)c1ccc(OCc2ccccc2)nc1. The van der Waals surface area contributed by atoms with Crippen LogP contribution in [0.25, 0.3) is 0 Å². The van der Waals surface area contributed by atoms with E-state index in [1.54, 1.807) is 6.20 Å². The average molecular weight is 243 g/mol. The Kier molecular flexibility index (Phi) is 4.28. The average Bonchev–Trinajstić information content (AvgIpc) is 2.46. The molecule has 4 N–H and O–H groups in total. The van der Waals surface area contributed by atoms with E-state index >= 15 is 0 Å². The number of nitrogens with zero attached hydrogens (tertiary/aromatic N) is 1. The second-order valence-electron chi connectivity index (χ2n) is 4.05. The van der Waals surface area contributed by atoms with E-state index in [4.69, 9.17) is 16.2 Å². The molecule has 18 heavy (non-hydrogen) atoms. The number of ether oxygens (including phenoxy) is 1. The second kappa shape index (κ2) is 6.14. The zero-order valence-corrected chi connectivity index (χ0v) is 10.1. The van der Waals surface area contributed by atoms with Crippen LogP contribution in [0.3, 0.4) is 0 Å². The molecule has 94 valence electrons. The van der Waals surface area contributed by atoms with Crippen LogP contribution in [0, 0.1) is 0 Å². The predicted octanol–water partition coefficient (Wildman–Crippen LogP) is 1.62. The first kappa shape index (κ1) is 12.5. The quantitative estimate of drug-likeness (QED) is 0.836. The highest BCUT2D eigenvalue weighted by Gasteiger charge is 2.04. The molecule has 1 unspecified atom stereocenters. The van der Waals surface area contributed by atoms with E-state index in [2.05, 4.69) is 4.98 Å². The Bertz CT molecular complexity index is 470. The minimum absolute atomic E-state index is 0.166. The molecule has 0 bridgehead atoms. The summed E-state index contributed by atoms with van der Waals surface area (Å²) in [5.41, 5.74) is 13.3. The number of rotatable bonds is 5.